The van der Waals surface area contributed by atoms with Crippen molar-refractivity contribution in [3.63, 3.8) is 0 Å². The van der Waals surface area contributed by atoms with Crippen LogP contribution in [0.1, 0.15) is 18.1 Å². The van der Waals surface area contributed by atoms with Crippen LogP contribution in [0, 0.1) is 6.92 Å². The van der Waals surface area contributed by atoms with Crippen LogP contribution in [0.15, 0.2) is 78.5 Å². The first-order valence-electron chi connectivity index (χ1n) is 10.4. The van der Waals surface area contributed by atoms with Crippen molar-refractivity contribution in [1.82, 2.24) is 0 Å². The summed E-state index contributed by atoms with van der Waals surface area (Å²) in [6, 6.07) is 21.8. The number of carbonyl (C=O) groups excluding carboxylic acids is 2. The zero-order valence-electron chi connectivity index (χ0n) is 18.2. The van der Waals surface area contributed by atoms with Crippen LogP contribution in [0.5, 0.6) is 11.5 Å². The molecule has 0 unspecified atom stereocenters. The van der Waals surface area contributed by atoms with Gasteiger partial charge in [-0.3, -0.25) is 9.59 Å². The van der Waals surface area contributed by atoms with Gasteiger partial charge < -0.3 is 14.8 Å². The first kappa shape index (κ1) is 21.2. The lowest BCUT2D eigenvalue weighted by Gasteiger charge is -2.19. The highest BCUT2D eigenvalue weighted by molar-refractivity contribution is 6.46. The molecule has 6 nitrogen and oxygen atoms in total. The Hall–Kier alpha value is -4.06. The van der Waals surface area contributed by atoms with Gasteiger partial charge in [-0.2, -0.15) is 0 Å². The number of rotatable bonds is 7. The lowest BCUT2D eigenvalue weighted by molar-refractivity contribution is -0.120. The number of hydrogen-bond donors (Lipinski definition) is 1. The Kier molecular flexibility index (Phi) is 5.94. The summed E-state index contributed by atoms with van der Waals surface area (Å²) in [6.07, 6.45) is 0. The van der Waals surface area contributed by atoms with Gasteiger partial charge >= 0.3 is 0 Å². The Morgan fingerprint density at radius 1 is 0.875 bits per heavy atom. The van der Waals surface area contributed by atoms with Crippen molar-refractivity contribution in [3.8, 4) is 11.5 Å². The van der Waals surface area contributed by atoms with Gasteiger partial charge in [0.25, 0.3) is 11.8 Å². The van der Waals surface area contributed by atoms with Gasteiger partial charge in [0.05, 0.1) is 25.0 Å². The molecule has 0 saturated heterocycles. The molecule has 3 aromatic rings. The number of imide groups is 1. The summed E-state index contributed by atoms with van der Waals surface area (Å²) in [4.78, 5) is 28.5. The number of aryl methyl sites for hydroxylation is 1. The fourth-order valence-electron chi connectivity index (χ4n) is 3.75. The Morgan fingerprint density at radius 2 is 1.59 bits per heavy atom. The third kappa shape index (κ3) is 3.83. The molecule has 0 saturated carbocycles. The zero-order chi connectivity index (χ0) is 22.7. The third-order valence-electron chi connectivity index (χ3n) is 5.15. The second-order valence-electron chi connectivity index (χ2n) is 7.29. The van der Waals surface area contributed by atoms with E-state index in [1.54, 1.807) is 36.4 Å². The van der Waals surface area contributed by atoms with E-state index in [0.29, 0.717) is 35.0 Å². The van der Waals surface area contributed by atoms with Gasteiger partial charge in [0.1, 0.15) is 17.2 Å². The van der Waals surface area contributed by atoms with Crippen LogP contribution in [0.3, 0.4) is 0 Å². The monoisotopic (exact) mass is 428 g/mol. The summed E-state index contributed by atoms with van der Waals surface area (Å²) in [5, 5.41) is 3.18. The minimum absolute atomic E-state index is 0.191. The van der Waals surface area contributed by atoms with E-state index in [1.807, 2.05) is 50.2 Å². The molecule has 162 valence electrons. The summed E-state index contributed by atoms with van der Waals surface area (Å²) in [5.74, 6) is 0.0754. The molecule has 0 spiro atoms. The number of hydrogen-bond acceptors (Lipinski definition) is 5. The van der Waals surface area contributed by atoms with Crippen molar-refractivity contribution in [3.05, 3.63) is 89.6 Å². The molecule has 6 heteroatoms. The van der Waals surface area contributed by atoms with Gasteiger partial charge in [-0.05, 0) is 49.7 Å². The first-order chi connectivity index (χ1) is 15.5. The molecular formula is C26H24N2O4. The molecule has 0 aliphatic carbocycles. The van der Waals surface area contributed by atoms with Gasteiger partial charge in [0.15, 0.2) is 0 Å². The van der Waals surface area contributed by atoms with Crippen LogP contribution < -0.4 is 19.7 Å². The lowest BCUT2D eigenvalue weighted by Crippen LogP contribution is -2.32. The summed E-state index contributed by atoms with van der Waals surface area (Å²) in [6.45, 7) is 4.23. The molecule has 2 amide bonds. The van der Waals surface area contributed by atoms with Crippen molar-refractivity contribution >= 4 is 28.8 Å². The molecule has 3 aromatic carbocycles. The molecule has 0 fully saturated rings. The van der Waals surface area contributed by atoms with Crippen LogP contribution in [0.2, 0.25) is 0 Å². The number of carbonyl (C=O) groups is 2. The van der Waals surface area contributed by atoms with E-state index in [-0.39, 0.29) is 11.3 Å². The van der Waals surface area contributed by atoms with Gasteiger partial charge in [-0.15, -0.1) is 0 Å². The molecule has 0 atom stereocenters. The molecular weight excluding hydrogens is 404 g/mol. The number of benzene rings is 3. The number of para-hydroxylation sites is 3. The topological polar surface area (TPSA) is 67.9 Å². The molecule has 1 heterocycles. The lowest BCUT2D eigenvalue weighted by atomic mass is 10.0. The van der Waals surface area contributed by atoms with Crippen molar-refractivity contribution in [1.29, 1.82) is 0 Å². The van der Waals surface area contributed by atoms with Crippen LogP contribution in [-0.4, -0.2) is 25.5 Å². The maximum absolute atomic E-state index is 13.7. The van der Waals surface area contributed by atoms with Crippen LogP contribution in [0.25, 0.3) is 5.57 Å². The highest BCUT2D eigenvalue weighted by atomic mass is 16.5. The Bertz CT molecular complexity index is 1220. The van der Waals surface area contributed by atoms with E-state index >= 15 is 0 Å². The second kappa shape index (κ2) is 8.98. The third-order valence-corrected chi connectivity index (χ3v) is 5.15. The Balaban J connectivity index is 1.87. The quantitative estimate of drug-likeness (QED) is 0.548. The highest BCUT2D eigenvalue weighted by Gasteiger charge is 2.42. The molecule has 0 radical (unpaired) electrons. The fraction of sp³-hybridized carbons (Fsp3) is 0.154. The van der Waals surface area contributed by atoms with Gasteiger partial charge in [0, 0.05) is 11.3 Å². The first-order valence-corrected chi connectivity index (χ1v) is 10.4. The van der Waals surface area contributed by atoms with E-state index in [4.69, 9.17) is 9.47 Å². The number of nitrogens with zero attached hydrogens (tertiary/aromatic N) is 1. The Morgan fingerprint density at radius 3 is 2.31 bits per heavy atom. The number of amides is 2. The van der Waals surface area contributed by atoms with Crippen LogP contribution in [-0.2, 0) is 9.59 Å². The molecule has 1 aliphatic heterocycles. The van der Waals surface area contributed by atoms with Crippen molar-refractivity contribution in [2.24, 2.45) is 0 Å². The van der Waals surface area contributed by atoms with Gasteiger partial charge in [-0.25, -0.2) is 4.90 Å². The number of methoxy groups -OCH3 is 1. The van der Waals surface area contributed by atoms with Crippen LogP contribution in [0.4, 0.5) is 11.4 Å². The van der Waals surface area contributed by atoms with E-state index in [2.05, 4.69) is 5.32 Å². The molecule has 1 N–H and O–H groups in total. The van der Waals surface area contributed by atoms with E-state index in [9.17, 15) is 9.59 Å². The summed E-state index contributed by atoms with van der Waals surface area (Å²) in [7, 11) is 1.54. The minimum Gasteiger partial charge on any atom is -0.496 e. The Labute approximate surface area is 187 Å². The summed E-state index contributed by atoms with van der Waals surface area (Å²) < 4.78 is 11.2. The fourth-order valence-corrected chi connectivity index (χ4v) is 3.75. The van der Waals surface area contributed by atoms with Gasteiger partial charge in [0.2, 0.25) is 0 Å². The van der Waals surface area contributed by atoms with E-state index in [1.165, 1.54) is 7.11 Å². The average molecular weight is 428 g/mol. The predicted octanol–water partition coefficient (Wildman–Crippen LogP) is 4.80. The molecule has 1 aliphatic rings. The molecule has 0 aromatic heterocycles. The zero-order valence-corrected chi connectivity index (χ0v) is 18.2. The largest absolute Gasteiger partial charge is 0.496 e. The maximum atomic E-state index is 13.7. The maximum Gasteiger partial charge on any atom is 0.282 e. The smallest absolute Gasteiger partial charge is 0.282 e. The number of nitrogens with one attached hydrogen (secondary N) is 1. The molecule has 4 rings (SSSR count). The molecule has 32 heavy (non-hydrogen) atoms. The van der Waals surface area contributed by atoms with Crippen molar-refractivity contribution in [2.45, 2.75) is 13.8 Å². The summed E-state index contributed by atoms with van der Waals surface area (Å²) >= 11 is 0. The highest BCUT2D eigenvalue weighted by Crippen LogP contribution is 2.40. The van der Waals surface area contributed by atoms with Crippen molar-refractivity contribution < 1.29 is 19.1 Å². The minimum atomic E-state index is -0.454. The van der Waals surface area contributed by atoms with Crippen molar-refractivity contribution in [2.75, 3.05) is 23.9 Å². The standard InChI is InChI=1S/C26H24N2O4/c1-4-32-22-15-8-6-13-20(22)28-25(29)23(19-12-5-7-14-21(19)31-3)24(26(28)30)27-18-11-9-10-17(2)16-18/h5-16,27H,4H2,1-3H3. The SMILES string of the molecule is CCOc1ccccc1N1C(=O)C(Nc2cccc(C)c2)=C(c2ccccc2OC)C1=O. The van der Waals surface area contributed by atoms with Crippen LogP contribution >= 0.6 is 0 Å². The van der Waals surface area contributed by atoms with E-state index < -0.39 is 11.8 Å². The van der Waals surface area contributed by atoms with E-state index in [0.717, 1.165) is 10.5 Å². The van der Waals surface area contributed by atoms with Gasteiger partial charge in [-0.1, -0.05) is 42.5 Å². The predicted molar refractivity (Wildman–Crippen MR) is 125 cm³/mol. The summed E-state index contributed by atoms with van der Waals surface area (Å²) in [5.41, 5.74) is 3.13. The number of ether oxygens (including phenoxy) is 2. The average Bonchev–Trinajstić information content (AvgIpc) is 3.03. The normalized spacial score (nSPS) is 13.5. The molecule has 0 bridgehead atoms. The number of anilines is 2. The second-order valence-corrected chi connectivity index (χ2v) is 7.29.